The van der Waals surface area contributed by atoms with Crippen molar-refractivity contribution < 1.29 is 9.90 Å². The van der Waals surface area contributed by atoms with Crippen molar-refractivity contribution in [1.29, 1.82) is 0 Å². The number of hydrogen-bond acceptors (Lipinski definition) is 3. The van der Waals surface area contributed by atoms with Gasteiger partial charge in [0.15, 0.2) is 5.78 Å². The quantitative estimate of drug-likeness (QED) is 0.707. The maximum atomic E-state index is 12.9. The average molecular weight is 390 g/mol. The standard InChI is InChI=1S/C22H28ClNO3/c1-14-3-5-16(6-4-14)7-10-20(26)21-17-11-12-24(15(2)13-25)22(27)18(17)8-9-19(21)23/h8-9,11-12,14-16,25H,3-7,10,13H2,1-2H3/t14?,15-,16?/m1/s1. The van der Waals surface area contributed by atoms with Gasteiger partial charge in [-0.2, -0.15) is 0 Å². The molecular formula is C22H28ClNO3. The van der Waals surface area contributed by atoms with Gasteiger partial charge >= 0.3 is 0 Å². The number of hydrogen-bond donors (Lipinski definition) is 1. The number of pyridine rings is 1. The fourth-order valence-electron chi connectivity index (χ4n) is 4.11. The number of carbonyl (C=O) groups excluding carboxylic acids is 1. The third kappa shape index (κ3) is 4.27. The zero-order chi connectivity index (χ0) is 19.6. The summed E-state index contributed by atoms with van der Waals surface area (Å²) in [5.74, 6) is 1.42. The molecule has 1 atom stereocenters. The summed E-state index contributed by atoms with van der Waals surface area (Å²) in [5.41, 5.74) is 0.250. The van der Waals surface area contributed by atoms with E-state index in [4.69, 9.17) is 11.6 Å². The summed E-state index contributed by atoms with van der Waals surface area (Å²) >= 11 is 6.35. The van der Waals surface area contributed by atoms with E-state index in [0.29, 0.717) is 33.7 Å². The lowest BCUT2D eigenvalue weighted by molar-refractivity contribution is 0.0970. The SMILES string of the molecule is CC1CCC(CCC(=O)c2c(Cl)ccc3c(=O)n([C@H](C)CO)ccc23)CC1. The van der Waals surface area contributed by atoms with Gasteiger partial charge in [0.25, 0.3) is 5.56 Å². The molecule has 3 rings (SSSR count). The van der Waals surface area contributed by atoms with Crippen molar-refractivity contribution in [3.63, 3.8) is 0 Å². The Hall–Kier alpha value is -1.65. The highest BCUT2D eigenvalue weighted by atomic mass is 35.5. The van der Waals surface area contributed by atoms with E-state index in [2.05, 4.69) is 6.92 Å². The van der Waals surface area contributed by atoms with Crippen molar-refractivity contribution in [1.82, 2.24) is 4.57 Å². The van der Waals surface area contributed by atoms with E-state index >= 15 is 0 Å². The second-order valence-corrected chi connectivity index (χ2v) is 8.44. The van der Waals surface area contributed by atoms with E-state index < -0.39 is 0 Å². The highest BCUT2D eigenvalue weighted by Gasteiger charge is 2.22. The Morgan fingerprint density at radius 3 is 2.59 bits per heavy atom. The van der Waals surface area contributed by atoms with Gasteiger partial charge in [-0.1, -0.05) is 44.2 Å². The Morgan fingerprint density at radius 1 is 1.22 bits per heavy atom. The maximum absolute atomic E-state index is 12.9. The topological polar surface area (TPSA) is 59.3 Å². The molecule has 1 aromatic carbocycles. The first-order valence-corrected chi connectivity index (χ1v) is 10.3. The van der Waals surface area contributed by atoms with Crippen LogP contribution in [-0.4, -0.2) is 22.1 Å². The number of fused-ring (bicyclic) bond motifs is 1. The molecule has 27 heavy (non-hydrogen) atoms. The smallest absolute Gasteiger partial charge is 0.258 e. The molecule has 0 amide bonds. The molecule has 0 aliphatic heterocycles. The Morgan fingerprint density at radius 2 is 1.93 bits per heavy atom. The molecule has 1 saturated carbocycles. The lowest BCUT2D eigenvalue weighted by Gasteiger charge is -2.25. The summed E-state index contributed by atoms with van der Waals surface area (Å²) < 4.78 is 1.49. The van der Waals surface area contributed by atoms with E-state index in [9.17, 15) is 14.7 Å². The number of aliphatic hydroxyl groups is 1. The Balaban J connectivity index is 1.87. The Kier molecular flexibility index (Phi) is 6.38. The van der Waals surface area contributed by atoms with Crippen molar-refractivity contribution >= 4 is 28.2 Å². The van der Waals surface area contributed by atoms with Crippen LogP contribution in [-0.2, 0) is 0 Å². The van der Waals surface area contributed by atoms with Crippen LogP contribution in [0.4, 0.5) is 0 Å². The van der Waals surface area contributed by atoms with Crippen LogP contribution in [0.15, 0.2) is 29.2 Å². The van der Waals surface area contributed by atoms with Gasteiger partial charge in [0.05, 0.1) is 17.7 Å². The first-order chi connectivity index (χ1) is 12.9. The minimum atomic E-state index is -0.314. The molecule has 0 spiro atoms. The van der Waals surface area contributed by atoms with Gasteiger partial charge in [0.1, 0.15) is 0 Å². The number of halogens is 1. The summed E-state index contributed by atoms with van der Waals surface area (Å²) in [6.07, 6.45) is 7.88. The van der Waals surface area contributed by atoms with Gasteiger partial charge in [0, 0.05) is 29.0 Å². The third-order valence-electron chi connectivity index (χ3n) is 5.99. The van der Waals surface area contributed by atoms with Gasteiger partial charge in [-0.3, -0.25) is 9.59 Å². The maximum Gasteiger partial charge on any atom is 0.258 e. The number of carbonyl (C=O) groups is 1. The van der Waals surface area contributed by atoms with Crippen LogP contribution < -0.4 is 5.56 Å². The number of aromatic nitrogens is 1. The molecule has 1 aliphatic rings. The predicted molar refractivity (Wildman–Crippen MR) is 110 cm³/mol. The van der Waals surface area contributed by atoms with E-state index in [1.807, 2.05) is 0 Å². The molecule has 1 N–H and O–H groups in total. The summed E-state index contributed by atoms with van der Waals surface area (Å²) in [6.45, 7) is 3.95. The largest absolute Gasteiger partial charge is 0.394 e. The molecule has 0 radical (unpaired) electrons. The monoisotopic (exact) mass is 389 g/mol. The molecule has 1 aliphatic carbocycles. The number of aliphatic hydroxyl groups excluding tert-OH is 1. The molecular weight excluding hydrogens is 362 g/mol. The average Bonchev–Trinajstić information content (AvgIpc) is 2.67. The van der Waals surface area contributed by atoms with Crippen LogP contribution in [0.25, 0.3) is 10.8 Å². The second kappa shape index (κ2) is 8.57. The van der Waals surface area contributed by atoms with Crippen LogP contribution in [0.5, 0.6) is 0 Å². The van der Waals surface area contributed by atoms with Gasteiger partial charge in [-0.15, -0.1) is 0 Å². The highest BCUT2D eigenvalue weighted by Crippen LogP contribution is 2.33. The van der Waals surface area contributed by atoms with Crippen molar-refractivity contribution in [2.45, 2.75) is 58.4 Å². The van der Waals surface area contributed by atoms with Crippen LogP contribution in [0, 0.1) is 11.8 Å². The molecule has 146 valence electrons. The summed E-state index contributed by atoms with van der Waals surface area (Å²) in [5, 5.41) is 10.8. The number of rotatable bonds is 6. The molecule has 1 heterocycles. The summed E-state index contributed by atoms with van der Waals surface area (Å²) in [4.78, 5) is 25.7. The van der Waals surface area contributed by atoms with Crippen molar-refractivity contribution in [3.05, 3.63) is 45.3 Å². The van der Waals surface area contributed by atoms with Crippen molar-refractivity contribution in [2.75, 3.05) is 6.61 Å². The molecule has 0 saturated heterocycles. The predicted octanol–water partition coefficient (Wildman–Crippen LogP) is 5.00. The fraction of sp³-hybridized carbons (Fsp3) is 0.545. The van der Waals surface area contributed by atoms with E-state index in [1.165, 1.54) is 30.3 Å². The van der Waals surface area contributed by atoms with Gasteiger partial charge in [-0.25, -0.2) is 0 Å². The van der Waals surface area contributed by atoms with E-state index in [0.717, 1.165) is 12.3 Å². The lowest BCUT2D eigenvalue weighted by Crippen LogP contribution is -2.25. The van der Waals surface area contributed by atoms with E-state index in [-0.39, 0.29) is 24.0 Å². The Labute approximate surface area is 165 Å². The fourth-order valence-corrected chi connectivity index (χ4v) is 4.38. The number of Topliss-reactive ketones (excluding diaryl/α,β-unsaturated/α-hetero) is 1. The second-order valence-electron chi connectivity index (χ2n) is 8.03. The normalized spacial score (nSPS) is 21.3. The number of nitrogens with zero attached hydrogens (tertiary/aromatic N) is 1. The van der Waals surface area contributed by atoms with Crippen LogP contribution >= 0.6 is 11.6 Å². The first kappa shape index (κ1) is 20.1. The summed E-state index contributed by atoms with van der Waals surface area (Å²) in [6, 6.07) is 4.75. The highest BCUT2D eigenvalue weighted by molar-refractivity contribution is 6.35. The zero-order valence-corrected chi connectivity index (χ0v) is 16.8. The minimum absolute atomic E-state index is 0.0107. The molecule has 0 bridgehead atoms. The first-order valence-electron chi connectivity index (χ1n) is 9.89. The van der Waals surface area contributed by atoms with Gasteiger partial charge in [-0.05, 0) is 43.4 Å². The van der Waals surface area contributed by atoms with Crippen molar-refractivity contribution in [3.8, 4) is 0 Å². The van der Waals surface area contributed by atoms with Gasteiger partial charge in [0.2, 0.25) is 0 Å². The molecule has 0 unspecified atom stereocenters. The Bertz CT molecular complexity index is 881. The number of ketones is 1. The molecule has 2 aromatic rings. The zero-order valence-electron chi connectivity index (χ0n) is 16.1. The minimum Gasteiger partial charge on any atom is -0.394 e. The molecule has 5 heteroatoms. The van der Waals surface area contributed by atoms with Crippen LogP contribution in [0.2, 0.25) is 5.02 Å². The summed E-state index contributed by atoms with van der Waals surface area (Å²) in [7, 11) is 0. The number of benzene rings is 1. The molecule has 1 aromatic heterocycles. The lowest BCUT2D eigenvalue weighted by atomic mass is 9.80. The van der Waals surface area contributed by atoms with Crippen LogP contribution in [0.3, 0.4) is 0 Å². The molecule has 4 nitrogen and oxygen atoms in total. The van der Waals surface area contributed by atoms with Crippen LogP contribution in [0.1, 0.15) is 68.8 Å². The molecule has 1 fully saturated rings. The van der Waals surface area contributed by atoms with Gasteiger partial charge < -0.3 is 9.67 Å². The third-order valence-corrected chi connectivity index (χ3v) is 6.31. The van der Waals surface area contributed by atoms with E-state index in [1.54, 1.807) is 31.3 Å². The van der Waals surface area contributed by atoms with Crippen molar-refractivity contribution in [2.24, 2.45) is 11.8 Å².